The lowest BCUT2D eigenvalue weighted by molar-refractivity contribution is -0.385. The van der Waals surface area contributed by atoms with Gasteiger partial charge in [0.05, 0.1) is 16.6 Å². The van der Waals surface area contributed by atoms with Gasteiger partial charge in [-0.25, -0.2) is 0 Å². The highest BCUT2D eigenvalue weighted by Gasteiger charge is 2.44. The Morgan fingerprint density at radius 3 is 2.29 bits per heavy atom. The number of carbonyl (C=O) groups is 1. The Morgan fingerprint density at radius 2 is 1.67 bits per heavy atom. The molecule has 1 aromatic rings. The summed E-state index contributed by atoms with van der Waals surface area (Å²) in [6.45, 7) is 0. The standard InChI is InChI=1S/C18H21NO5/c20-17(12-6-2-3-7-12)13-10-15-16(11-14(13)19(21)22)24-18(23-15)8-4-1-5-9-18/h10-12H,1-9H2. The van der Waals surface area contributed by atoms with Gasteiger partial charge in [0, 0.05) is 24.8 Å². The Hall–Kier alpha value is -2.11. The van der Waals surface area contributed by atoms with E-state index in [1.807, 2.05) is 0 Å². The normalized spacial score (nSPS) is 22.0. The number of rotatable bonds is 3. The second-order valence-corrected chi connectivity index (χ2v) is 7.09. The third-order valence-electron chi connectivity index (χ3n) is 5.46. The van der Waals surface area contributed by atoms with E-state index in [0.717, 1.165) is 57.8 Å². The molecule has 1 heterocycles. The highest BCUT2D eigenvalue weighted by atomic mass is 16.7. The fourth-order valence-electron chi connectivity index (χ4n) is 4.18. The van der Waals surface area contributed by atoms with Crippen molar-refractivity contribution < 1.29 is 19.2 Å². The van der Waals surface area contributed by atoms with E-state index in [2.05, 4.69) is 0 Å². The third kappa shape index (κ3) is 2.54. The summed E-state index contributed by atoms with van der Waals surface area (Å²) in [6, 6.07) is 2.92. The van der Waals surface area contributed by atoms with Gasteiger partial charge in [-0.2, -0.15) is 0 Å². The van der Waals surface area contributed by atoms with Gasteiger partial charge in [0.2, 0.25) is 0 Å². The van der Waals surface area contributed by atoms with E-state index in [1.165, 1.54) is 12.1 Å². The van der Waals surface area contributed by atoms with Crippen molar-refractivity contribution in [2.45, 2.75) is 63.6 Å². The molecule has 3 aliphatic rings. The smallest absolute Gasteiger partial charge is 0.284 e. The predicted octanol–water partition coefficient (Wildman–Crippen LogP) is 4.40. The number of ketones is 1. The summed E-state index contributed by atoms with van der Waals surface area (Å²) >= 11 is 0. The number of ether oxygens (including phenoxy) is 2. The third-order valence-corrected chi connectivity index (χ3v) is 5.46. The molecule has 0 radical (unpaired) electrons. The van der Waals surface area contributed by atoms with Crippen LogP contribution in [0, 0.1) is 16.0 Å². The van der Waals surface area contributed by atoms with Gasteiger partial charge in [0.15, 0.2) is 17.3 Å². The number of nitro benzene ring substituents is 1. The maximum atomic E-state index is 12.7. The second kappa shape index (κ2) is 5.76. The average Bonchev–Trinajstić information content (AvgIpc) is 3.20. The number of nitro groups is 1. The van der Waals surface area contributed by atoms with Crippen LogP contribution in [0.15, 0.2) is 12.1 Å². The Balaban J connectivity index is 1.70. The molecule has 1 spiro atoms. The van der Waals surface area contributed by atoms with E-state index in [4.69, 9.17) is 9.47 Å². The number of nitrogens with zero attached hydrogens (tertiary/aromatic N) is 1. The van der Waals surface area contributed by atoms with Gasteiger partial charge in [-0.05, 0) is 25.7 Å². The largest absolute Gasteiger partial charge is 0.448 e. The molecule has 1 aliphatic heterocycles. The topological polar surface area (TPSA) is 78.7 Å². The number of Topliss-reactive ketones (excluding diaryl/α,β-unsaturated/α-hetero) is 1. The first-order chi connectivity index (χ1) is 11.6. The fourth-order valence-corrected chi connectivity index (χ4v) is 4.18. The van der Waals surface area contributed by atoms with Gasteiger partial charge in [0.1, 0.15) is 0 Å². The Bertz CT molecular complexity index is 687. The molecule has 0 aromatic heterocycles. The maximum Gasteiger partial charge on any atom is 0.284 e. The van der Waals surface area contributed by atoms with Crippen LogP contribution in [0.1, 0.15) is 68.1 Å². The lowest BCUT2D eigenvalue weighted by atomic mass is 9.94. The maximum absolute atomic E-state index is 12.7. The molecular weight excluding hydrogens is 310 g/mol. The van der Waals surface area contributed by atoms with Gasteiger partial charge < -0.3 is 9.47 Å². The van der Waals surface area contributed by atoms with Crippen LogP contribution in [0.4, 0.5) is 5.69 Å². The van der Waals surface area contributed by atoms with E-state index in [0.29, 0.717) is 11.5 Å². The minimum absolute atomic E-state index is 0.104. The molecule has 4 rings (SSSR count). The summed E-state index contributed by atoms with van der Waals surface area (Å²) in [6.07, 6.45) is 8.39. The molecule has 2 fully saturated rings. The van der Waals surface area contributed by atoms with E-state index >= 15 is 0 Å². The average molecular weight is 331 g/mol. The van der Waals surface area contributed by atoms with Crippen molar-refractivity contribution in [1.82, 2.24) is 0 Å². The molecule has 6 nitrogen and oxygen atoms in total. The van der Waals surface area contributed by atoms with Crippen molar-refractivity contribution in [2.75, 3.05) is 0 Å². The van der Waals surface area contributed by atoms with Crippen molar-refractivity contribution in [2.24, 2.45) is 5.92 Å². The number of carbonyl (C=O) groups excluding carboxylic acids is 1. The molecule has 0 bridgehead atoms. The minimum Gasteiger partial charge on any atom is -0.448 e. The first-order valence-corrected chi connectivity index (χ1v) is 8.83. The Morgan fingerprint density at radius 1 is 1.04 bits per heavy atom. The second-order valence-electron chi connectivity index (χ2n) is 7.09. The van der Waals surface area contributed by atoms with Gasteiger partial charge in [-0.1, -0.05) is 19.3 Å². The SMILES string of the molecule is O=C(c1cc2c(cc1[N+](=O)[O-])OC1(CCCCC1)O2)C1CCCC1. The molecule has 0 saturated heterocycles. The molecule has 6 heteroatoms. The van der Waals surface area contributed by atoms with Gasteiger partial charge in [-0.3, -0.25) is 14.9 Å². The van der Waals surface area contributed by atoms with Gasteiger partial charge >= 0.3 is 0 Å². The number of hydrogen-bond acceptors (Lipinski definition) is 5. The summed E-state index contributed by atoms with van der Waals surface area (Å²) in [5.41, 5.74) is 0.00391. The van der Waals surface area contributed by atoms with Crippen LogP contribution in [0.3, 0.4) is 0 Å². The highest BCUT2D eigenvalue weighted by Crippen LogP contribution is 2.48. The summed E-state index contributed by atoms with van der Waals surface area (Å²) in [7, 11) is 0. The molecule has 2 aliphatic carbocycles. The Kier molecular flexibility index (Phi) is 3.70. The van der Waals surface area contributed by atoms with Crippen molar-refractivity contribution in [3.63, 3.8) is 0 Å². The quantitative estimate of drug-likeness (QED) is 0.466. The molecular formula is C18H21NO5. The predicted molar refractivity (Wildman–Crippen MR) is 86.5 cm³/mol. The van der Waals surface area contributed by atoms with Crippen LogP contribution in [0.2, 0.25) is 0 Å². The molecule has 128 valence electrons. The van der Waals surface area contributed by atoms with Crippen LogP contribution in [0.25, 0.3) is 0 Å². The van der Waals surface area contributed by atoms with Crippen LogP contribution in [0.5, 0.6) is 11.5 Å². The number of fused-ring (bicyclic) bond motifs is 1. The minimum atomic E-state index is -0.691. The Labute approximate surface area is 140 Å². The van der Waals surface area contributed by atoms with E-state index < -0.39 is 10.7 Å². The molecule has 0 N–H and O–H groups in total. The van der Waals surface area contributed by atoms with E-state index in [1.54, 1.807) is 0 Å². The number of hydrogen-bond donors (Lipinski definition) is 0. The van der Waals surface area contributed by atoms with Gasteiger partial charge in [-0.15, -0.1) is 0 Å². The molecule has 1 aromatic carbocycles. The van der Waals surface area contributed by atoms with Crippen LogP contribution >= 0.6 is 0 Å². The lowest BCUT2D eigenvalue weighted by Gasteiger charge is -2.31. The zero-order chi connectivity index (χ0) is 16.7. The zero-order valence-corrected chi connectivity index (χ0v) is 13.6. The first-order valence-electron chi connectivity index (χ1n) is 8.83. The lowest BCUT2D eigenvalue weighted by Crippen LogP contribution is -2.40. The van der Waals surface area contributed by atoms with Crippen molar-refractivity contribution in [3.8, 4) is 11.5 Å². The van der Waals surface area contributed by atoms with E-state index in [9.17, 15) is 14.9 Å². The summed E-state index contributed by atoms with van der Waals surface area (Å²) in [5, 5.41) is 11.5. The number of benzene rings is 1. The van der Waals surface area contributed by atoms with E-state index in [-0.39, 0.29) is 23.0 Å². The van der Waals surface area contributed by atoms with Crippen LogP contribution in [-0.2, 0) is 0 Å². The van der Waals surface area contributed by atoms with Crippen molar-refractivity contribution in [1.29, 1.82) is 0 Å². The first kappa shape index (κ1) is 15.4. The molecule has 0 atom stereocenters. The summed E-state index contributed by atoms with van der Waals surface area (Å²) < 4.78 is 12.0. The molecule has 2 saturated carbocycles. The summed E-state index contributed by atoms with van der Waals surface area (Å²) in [4.78, 5) is 23.7. The summed E-state index contributed by atoms with van der Waals surface area (Å²) in [5.74, 6) is -0.0537. The fraction of sp³-hybridized carbons (Fsp3) is 0.611. The zero-order valence-electron chi connectivity index (χ0n) is 13.6. The molecule has 0 amide bonds. The monoisotopic (exact) mass is 331 g/mol. The molecule has 24 heavy (non-hydrogen) atoms. The molecule has 0 unspecified atom stereocenters. The van der Waals surface area contributed by atoms with Crippen molar-refractivity contribution >= 4 is 11.5 Å². The van der Waals surface area contributed by atoms with Crippen molar-refractivity contribution in [3.05, 3.63) is 27.8 Å². The van der Waals surface area contributed by atoms with Gasteiger partial charge in [0.25, 0.3) is 11.5 Å². The highest BCUT2D eigenvalue weighted by molar-refractivity contribution is 6.02. The van der Waals surface area contributed by atoms with Crippen LogP contribution in [-0.4, -0.2) is 16.5 Å². The van der Waals surface area contributed by atoms with Crippen LogP contribution < -0.4 is 9.47 Å².